The number of imidazole rings is 1. The summed E-state index contributed by atoms with van der Waals surface area (Å²) in [4.78, 5) is 9.82. The topological polar surface area (TPSA) is 67.6 Å². The number of hydrogen-bond donors (Lipinski definition) is 0. The van der Waals surface area contributed by atoms with Crippen molar-refractivity contribution in [3.8, 4) is 45.4 Å². The molecular formula is C58H47FGeIrN4OS-2. The van der Waals surface area contributed by atoms with Gasteiger partial charge < -0.3 is 8.98 Å². The van der Waals surface area contributed by atoms with Crippen LogP contribution in [0.2, 0.25) is 17.3 Å². The van der Waals surface area contributed by atoms with E-state index in [9.17, 15) is 9.65 Å². The first-order valence-electron chi connectivity index (χ1n) is 22.3. The fourth-order valence-corrected chi connectivity index (χ4v) is 12.3. The number of fused-ring (bicyclic) bond motifs is 7. The standard InChI is InChI=1S/C44H34N3O.C14H13FGeNS.Ir/c1-27(2)37-24-33(32-20-18-31(19-21-32)30-11-6-5-7-12-30)25-38(28(3)4)42(37)47-40-16-9-8-15-39(40)46-44(47)36-14-10-13-35-34-22-17-29(26-45)23-41(34)48-43(35)36;1-16(2,3)10-7-13-14(17-8-10)11-5-4-9(15)6-12(11)18-13;/h5-13,15-25,27-28H,1-4H3;4,6-8H,1-3H3;/q2*-1;. The molecule has 0 aliphatic rings. The molecule has 0 saturated heterocycles. The summed E-state index contributed by atoms with van der Waals surface area (Å²) >= 11 is -0.247. The summed E-state index contributed by atoms with van der Waals surface area (Å²) in [5.41, 5.74) is 14.1. The van der Waals surface area contributed by atoms with Gasteiger partial charge in [0.2, 0.25) is 0 Å². The van der Waals surface area contributed by atoms with E-state index in [2.05, 4.69) is 164 Å². The number of nitrogens with zero attached hydrogens (tertiary/aromatic N) is 4. The Morgan fingerprint density at radius 1 is 0.731 bits per heavy atom. The normalized spacial score (nSPS) is 11.7. The zero-order valence-corrected chi connectivity index (χ0v) is 43.6. The molecule has 11 rings (SSSR count). The molecule has 0 atom stereocenters. The average molecular weight is 1130 g/mol. The number of furan rings is 1. The van der Waals surface area contributed by atoms with Crippen LogP contribution in [0.5, 0.6) is 0 Å². The van der Waals surface area contributed by atoms with Gasteiger partial charge in [0.25, 0.3) is 0 Å². The second-order valence-electron chi connectivity index (χ2n) is 18.5. The van der Waals surface area contributed by atoms with E-state index in [1.54, 1.807) is 23.5 Å². The van der Waals surface area contributed by atoms with Gasteiger partial charge >= 0.3 is 112 Å². The third-order valence-electron chi connectivity index (χ3n) is 12.4. The number of nitriles is 1. The van der Waals surface area contributed by atoms with Crippen molar-refractivity contribution >= 4 is 82.3 Å². The van der Waals surface area contributed by atoms with Gasteiger partial charge in [0.05, 0.1) is 34.1 Å². The van der Waals surface area contributed by atoms with E-state index in [0.717, 1.165) is 59.2 Å². The minimum absolute atomic E-state index is 0. The molecule has 0 spiro atoms. The number of benzene rings is 7. The van der Waals surface area contributed by atoms with Crippen LogP contribution in [0.4, 0.5) is 4.39 Å². The fourth-order valence-electron chi connectivity index (χ4n) is 8.82. The minimum atomic E-state index is -1.85. The maximum atomic E-state index is 13.2. The number of thiophene rings is 1. The van der Waals surface area contributed by atoms with Gasteiger partial charge in [-0.2, -0.15) is 5.26 Å². The molecule has 11 aromatic rings. The number of hydrogen-bond acceptors (Lipinski definition) is 5. The molecule has 0 bridgehead atoms. The molecule has 0 fully saturated rings. The van der Waals surface area contributed by atoms with Gasteiger partial charge in [-0.1, -0.05) is 111 Å². The van der Waals surface area contributed by atoms with Crippen LogP contribution in [0.25, 0.3) is 92.6 Å². The van der Waals surface area contributed by atoms with Crippen LogP contribution >= 0.6 is 11.3 Å². The monoisotopic (exact) mass is 1130 g/mol. The fraction of sp³-hybridized carbons (Fsp3) is 0.155. The second kappa shape index (κ2) is 18.5. The summed E-state index contributed by atoms with van der Waals surface area (Å²) < 4.78 is 25.5. The number of halogens is 1. The van der Waals surface area contributed by atoms with E-state index >= 15 is 0 Å². The zero-order valence-electron chi connectivity index (χ0n) is 38.3. The first-order chi connectivity index (χ1) is 31.9. The van der Waals surface area contributed by atoms with Crippen LogP contribution in [0, 0.1) is 29.3 Å². The molecule has 9 heteroatoms. The first-order valence-corrected chi connectivity index (χ1v) is 30.5. The van der Waals surface area contributed by atoms with Crippen molar-refractivity contribution in [3.05, 3.63) is 180 Å². The van der Waals surface area contributed by atoms with Crippen LogP contribution in [-0.2, 0) is 20.1 Å². The van der Waals surface area contributed by atoms with E-state index in [1.807, 2.05) is 36.5 Å². The molecule has 0 unspecified atom stereocenters. The summed E-state index contributed by atoms with van der Waals surface area (Å²) in [5.74, 6) is 8.08. The molecule has 0 aliphatic carbocycles. The van der Waals surface area contributed by atoms with E-state index in [0.29, 0.717) is 16.7 Å². The van der Waals surface area contributed by atoms with Crippen LogP contribution in [-0.4, -0.2) is 27.8 Å². The number of rotatable bonds is 7. The minimum Gasteiger partial charge on any atom is 0 e. The van der Waals surface area contributed by atoms with E-state index < -0.39 is 13.3 Å². The van der Waals surface area contributed by atoms with Gasteiger partial charge in [-0.05, 0) is 81.6 Å². The van der Waals surface area contributed by atoms with Crippen molar-refractivity contribution in [1.82, 2.24) is 14.5 Å². The predicted molar refractivity (Wildman–Crippen MR) is 275 cm³/mol. The Morgan fingerprint density at radius 2 is 1.40 bits per heavy atom. The second-order valence-corrected chi connectivity index (χ2v) is 30.3. The Hall–Kier alpha value is -6.21. The van der Waals surface area contributed by atoms with Crippen LogP contribution in [0.3, 0.4) is 0 Å². The third kappa shape index (κ3) is 8.67. The maximum Gasteiger partial charge on any atom is 0 e. The Kier molecular flexibility index (Phi) is 12.7. The van der Waals surface area contributed by atoms with Crippen molar-refractivity contribution in [3.63, 3.8) is 0 Å². The zero-order chi connectivity index (χ0) is 45.9. The molecule has 0 aliphatic heterocycles. The SMILES string of the molecule is CC(C)c1cc(-c2ccc(-c3ccccc3)cc2)cc(C(C)C)c1-n1c(-c2[c-]ccc3c2oc2cc(C#N)ccc23)nc2ccccc21.[CH3][Ge]([CH3])([CH3])[c]1cnc2c(c1)sc1cc(F)c[c-]c12.[Ir]. The Balaban J connectivity index is 0.000000248. The number of para-hydroxylation sites is 2. The molecular weight excluding hydrogens is 1080 g/mol. The Morgan fingerprint density at radius 3 is 2.09 bits per heavy atom. The van der Waals surface area contributed by atoms with E-state index in [4.69, 9.17) is 9.40 Å². The predicted octanol–water partition coefficient (Wildman–Crippen LogP) is 15.8. The van der Waals surface area contributed by atoms with Crippen LogP contribution in [0.15, 0.2) is 150 Å². The summed E-state index contributed by atoms with van der Waals surface area (Å²) in [6.07, 6.45) is 1.99. The summed E-state index contributed by atoms with van der Waals surface area (Å²) in [6.45, 7) is 9.07. The van der Waals surface area contributed by atoms with E-state index in [-0.39, 0.29) is 37.8 Å². The van der Waals surface area contributed by atoms with Gasteiger partial charge in [-0.15, -0.1) is 18.2 Å². The first kappa shape index (κ1) is 45.9. The molecule has 7 aromatic carbocycles. The molecule has 4 heterocycles. The van der Waals surface area contributed by atoms with Gasteiger partial charge in [0.1, 0.15) is 5.58 Å². The maximum absolute atomic E-state index is 13.2. The van der Waals surface area contributed by atoms with Gasteiger partial charge in [0, 0.05) is 31.2 Å². The van der Waals surface area contributed by atoms with Crippen molar-refractivity contribution in [2.75, 3.05) is 0 Å². The Labute approximate surface area is 410 Å². The summed E-state index contributed by atoms with van der Waals surface area (Å²) in [5, 5.41) is 12.4. The van der Waals surface area contributed by atoms with E-state index in [1.165, 1.54) is 43.8 Å². The van der Waals surface area contributed by atoms with Gasteiger partial charge in [-0.25, -0.2) is 0 Å². The molecule has 1 radical (unpaired) electrons. The third-order valence-corrected chi connectivity index (χ3v) is 17.6. The Bertz CT molecular complexity index is 3640. The van der Waals surface area contributed by atoms with Crippen molar-refractivity contribution in [2.45, 2.75) is 56.8 Å². The summed E-state index contributed by atoms with van der Waals surface area (Å²) in [6, 6.07) is 55.9. The van der Waals surface area contributed by atoms with Crippen molar-refractivity contribution in [1.29, 1.82) is 5.26 Å². The average Bonchev–Trinajstić information content (AvgIpc) is 4.01. The quantitative estimate of drug-likeness (QED) is 0.118. The molecule has 5 nitrogen and oxygen atoms in total. The molecule has 0 saturated carbocycles. The van der Waals surface area contributed by atoms with Crippen LogP contribution in [0.1, 0.15) is 56.2 Å². The van der Waals surface area contributed by atoms with Crippen molar-refractivity contribution in [2.24, 2.45) is 0 Å². The number of aromatic nitrogens is 3. The van der Waals surface area contributed by atoms with Gasteiger partial charge in [-0.3, -0.25) is 4.98 Å². The number of pyridine rings is 1. The molecule has 0 N–H and O–H groups in total. The summed E-state index contributed by atoms with van der Waals surface area (Å²) in [7, 11) is 0. The smallest absolute Gasteiger partial charge is 0 e. The van der Waals surface area contributed by atoms with Crippen molar-refractivity contribution < 1.29 is 28.9 Å². The molecule has 0 amide bonds. The van der Waals surface area contributed by atoms with Crippen LogP contribution < -0.4 is 4.40 Å². The molecule has 4 aromatic heterocycles. The molecule has 67 heavy (non-hydrogen) atoms. The largest absolute Gasteiger partial charge is 0 e. The molecule has 333 valence electrons. The van der Waals surface area contributed by atoms with Gasteiger partial charge in [0.15, 0.2) is 0 Å².